The van der Waals surface area contributed by atoms with Crippen LogP contribution in [-0.2, 0) is 42.9 Å². The van der Waals surface area contributed by atoms with Gasteiger partial charge in [0.2, 0.25) is 0 Å². The topological polar surface area (TPSA) is 175 Å². The number of carboxylic acid groups (broad SMARTS) is 1. The summed E-state index contributed by atoms with van der Waals surface area (Å²) in [4.78, 5) is 50.9. The number of unbranched alkanes of at least 4 members (excludes halogenated alkanes) is 23. The molecule has 12 nitrogen and oxygen atoms in total. The monoisotopic (exact) mass is 1000 g/mol. The molecule has 6 unspecified atom stereocenters. The quantitative estimate of drug-likeness (QED) is 0.0228. The van der Waals surface area contributed by atoms with Gasteiger partial charge < -0.3 is 39.0 Å². The van der Waals surface area contributed by atoms with Gasteiger partial charge in [0.1, 0.15) is 18.8 Å². The molecule has 12 heteroatoms. The molecule has 0 aromatic carbocycles. The number of aliphatic hydroxyl groups is 2. The van der Waals surface area contributed by atoms with Crippen molar-refractivity contribution in [3.8, 4) is 0 Å². The lowest BCUT2D eigenvalue weighted by molar-refractivity contribution is -0.301. The molecular formula is C59H100O12. The zero-order chi connectivity index (χ0) is 51.8. The summed E-state index contributed by atoms with van der Waals surface area (Å²) in [5, 5.41) is 31.4. The van der Waals surface area contributed by atoms with Crippen LogP contribution < -0.4 is 0 Å². The van der Waals surface area contributed by atoms with Gasteiger partial charge in [-0.3, -0.25) is 14.4 Å². The Morgan fingerprint density at radius 3 is 1.38 bits per heavy atom. The molecule has 6 atom stereocenters. The van der Waals surface area contributed by atoms with Gasteiger partial charge >= 0.3 is 23.9 Å². The van der Waals surface area contributed by atoms with Gasteiger partial charge in [-0.1, -0.05) is 197 Å². The molecule has 408 valence electrons. The van der Waals surface area contributed by atoms with Crippen LogP contribution in [0.5, 0.6) is 0 Å². The van der Waals surface area contributed by atoms with Crippen LogP contribution in [0, 0.1) is 0 Å². The summed E-state index contributed by atoms with van der Waals surface area (Å²) in [6, 6.07) is 0. The largest absolute Gasteiger partial charge is 0.479 e. The van der Waals surface area contributed by atoms with E-state index in [-0.39, 0.29) is 25.9 Å². The van der Waals surface area contributed by atoms with Crippen molar-refractivity contribution in [2.24, 2.45) is 0 Å². The van der Waals surface area contributed by atoms with Gasteiger partial charge in [-0.2, -0.15) is 0 Å². The molecule has 0 radical (unpaired) electrons. The van der Waals surface area contributed by atoms with E-state index < -0.39 is 67.3 Å². The number of carboxylic acids is 1. The van der Waals surface area contributed by atoms with Crippen molar-refractivity contribution in [2.45, 2.75) is 276 Å². The van der Waals surface area contributed by atoms with E-state index in [1.165, 1.54) is 57.8 Å². The maximum absolute atomic E-state index is 13.0. The maximum Gasteiger partial charge on any atom is 0.335 e. The van der Waals surface area contributed by atoms with Crippen molar-refractivity contribution in [1.29, 1.82) is 0 Å². The molecule has 1 heterocycles. The van der Waals surface area contributed by atoms with Crippen molar-refractivity contribution >= 4 is 23.9 Å². The number of aliphatic hydroxyl groups excluding tert-OH is 2. The third kappa shape index (κ3) is 37.8. The molecule has 1 rings (SSSR count). The fraction of sp³-hybridized carbons (Fsp3) is 0.763. The van der Waals surface area contributed by atoms with E-state index in [2.05, 4.69) is 81.5 Å². The van der Waals surface area contributed by atoms with E-state index >= 15 is 0 Å². The first-order chi connectivity index (χ1) is 34.6. The lowest BCUT2D eigenvalue weighted by Crippen LogP contribution is -2.61. The highest BCUT2D eigenvalue weighted by atomic mass is 16.7. The predicted molar refractivity (Wildman–Crippen MR) is 285 cm³/mol. The summed E-state index contributed by atoms with van der Waals surface area (Å²) < 4.78 is 28.3. The Hall–Kier alpha value is -3.58. The fourth-order valence-corrected chi connectivity index (χ4v) is 8.24. The smallest absolute Gasteiger partial charge is 0.335 e. The Morgan fingerprint density at radius 2 is 0.887 bits per heavy atom. The second kappa shape index (κ2) is 47.4. The normalized spacial score (nSPS) is 18.9. The van der Waals surface area contributed by atoms with Gasteiger partial charge in [-0.15, -0.1) is 0 Å². The standard InChI is InChI=1S/C59H100O12/c1-4-7-10-13-16-19-21-23-24-25-26-27-28-30-32-35-38-41-44-47-53(62)70-57-55(64)54(63)56(58(65)66)71-59(57)68-49-50(69-52(61)46-43-40-37-33-18-15-12-9-6-3)48-67-51(60)45-42-39-36-34-31-29-22-20-17-14-11-8-5-2/h7,10,16,19-20,22-24,26-27,50,54-57,59,63-64H,4-6,8-9,11-15,17-18,21,25,28-49H2,1-3H3,(H,65,66)/b10-7-,19-16-,22-20-,24-23-,27-26-. The van der Waals surface area contributed by atoms with Crippen molar-refractivity contribution in [3.05, 3.63) is 60.8 Å². The molecule has 1 aliphatic rings. The van der Waals surface area contributed by atoms with E-state index in [9.17, 15) is 34.5 Å². The van der Waals surface area contributed by atoms with Gasteiger partial charge in [0.15, 0.2) is 24.6 Å². The first-order valence-electron chi connectivity index (χ1n) is 28.3. The van der Waals surface area contributed by atoms with Crippen molar-refractivity contribution in [3.63, 3.8) is 0 Å². The Kier molecular flexibility index (Phi) is 43.7. The number of aliphatic carboxylic acids is 1. The van der Waals surface area contributed by atoms with Gasteiger partial charge in [0.25, 0.3) is 0 Å². The Morgan fingerprint density at radius 1 is 0.479 bits per heavy atom. The molecule has 0 spiro atoms. The van der Waals surface area contributed by atoms with Crippen molar-refractivity contribution < 1.29 is 58.2 Å². The lowest BCUT2D eigenvalue weighted by Gasteiger charge is -2.40. The zero-order valence-electron chi connectivity index (χ0n) is 44.7. The summed E-state index contributed by atoms with van der Waals surface area (Å²) in [6.45, 7) is 5.82. The molecule has 0 saturated carbocycles. The van der Waals surface area contributed by atoms with Crippen LogP contribution in [0.2, 0.25) is 0 Å². The third-order valence-corrected chi connectivity index (χ3v) is 12.6. The van der Waals surface area contributed by atoms with Gasteiger partial charge in [-0.05, 0) is 83.5 Å². The number of allylic oxidation sites excluding steroid dienone is 10. The molecule has 1 saturated heterocycles. The fourth-order valence-electron chi connectivity index (χ4n) is 8.24. The summed E-state index contributed by atoms with van der Waals surface area (Å²) in [5.41, 5.74) is 0. The van der Waals surface area contributed by atoms with Crippen LogP contribution in [0.1, 0.15) is 239 Å². The number of carbonyl (C=O) groups is 4. The average Bonchev–Trinajstić information content (AvgIpc) is 3.35. The van der Waals surface area contributed by atoms with E-state index in [1.807, 2.05) is 0 Å². The molecule has 71 heavy (non-hydrogen) atoms. The molecule has 1 fully saturated rings. The van der Waals surface area contributed by atoms with Gasteiger partial charge in [-0.25, -0.2) is 4.79 Å². The Bertz CT molecular complexity index is 1470. The highest BCUT2D eigenvalue weighted by molar-refractivity contribution is 5.74. The molecule has 1 aliphatic heterocycles. The summed E-state index contributed by atoms with van der Waals surface area (Å²) in [7, 11) is 0. The van der Waals surface area contributed by atoms with Crippen LogP contribution in [0.4, 0.5) is 0 Å². The second-order valence-electron chi connectivity index (χ2n) is 19.2. The molecule has 0 aliphatic carbocycles. The summed E-state index contributed by atoms with van der Waals surface area (Å²) >= 11 is 0. The molecule has 0 bridgehead atoms. The van der Waals surface area contributed by atoms with E-state index in [0.29, 0.717) is 19.3 Å². The SMILES string of the molecule is CC/C=C\C/C=C\C/C=C\C/C=C\CCCCCCCCC(=O)OC1C(OCC(COC(=O)CCCCCCC/C=C\CCCCCC)OC(=O)CCCCCCCCCCC)OC(C(=O)O)C(O)C1O. The molecule has 0 amide bonds. The minimum Gasteiger partial charge on any atom is -0.479 e. The Balaban J connectivity index is 2.66. The van der Waals surface area contributed by atoms with E-state index in [1.54, 1.807) is 0 Å². The second-order valence-corrected chi connectivity index (χ2v) is 19.2. The van der Waals surface area contributed by atoms with Crippen molar-refractivity contribution in [1.82, 2.24) is 0 Å². The van der Waals surface area contributed by atoms with Crippen molar-refractivity contribution in [2.75, 3.05) is 13.2 Å². The van der Waals surface area contributed by atoms with Gasteiger partial charge in [0, 0.05) is 19.3 Å². The predicted octanol–water partition coefficient (Wildman–Crippen LogP) is 14.0. The Labute approximate surface area is 430 Å². The average molecular weight is 1000 g/mol. The number of carbonyl (C=O) groups excluding carboxylic acids is 3. The van der Waals surface area contributed by atoms with Crippen LogP contribution in [0.25, 0.3) is 0 Å². The van der Waals surface area contributed by atoms with E-state index in [4.69, 9.17) is 23.7 Å². The molecule has 3 N–H and O–H groups in total. The minimum absolute atomic E-state index is 0.0436. The number of ether oxygens (including phenoxy) is 5. The number of hydrogen-bond acceptors (Lipinski definition) is 11. The minimum atomic E-state index is -1.91. The highest BCUT2D eigenvalue weighted by Crippen LogP contribution is 2.26. The van der Waals surface area contributed by atoms with E-state index in [0.717, 1.165) is 122 Å². The molecule has 0 aromatic rings. The summed E-state index contributed by atoms with van der Waals surface area (Å²) in [6.07, 6.45) is 44.9. The van der Waals surface area contributed by atoms with Crippen LogP contribution in [0.3, 0.4) is 0 Å². The maximum atomic E-state index is 13.0. The molecule has 0 aromatic heterocycles. The molecular weight excluding hydrogens is 901 g/mol. The first-order valence-corrected chi connectivity index (χ1v) is 28.3. The summed E-state index contributed by atoms with van der Waals surface area (Å²) in [5.74, 6) is -3.14. The first kappa shape index (κ1) is 65.4. The zero-order valence-corrected chi connectivity index (χ0v) is 44.7. The number of hydrogen-bond donors (Lipinski definition) is 3. The lowest BCUT2D eigenvalue weighted by atomic mass is 9.98. The van der Waals surface area contributed by atoms with Crippen LogP contribution in [-0.4, -0.2) is 89.2 Å². The van der Waals surface area contributed by atoms with Crippen LogP contribution in [0.15, 0.2) is 60.8 Å². The number of rotatable bonds is 47. The van der Waals surface area contributed by atoms with Crippen LogP contribution >= 0.6 is 0 Å². The van der Waals surface area contributed by atoms with Gasteiger partial charge in [0.05, 0.1) is 6.61 Å². The highest BCUT2D eigenvalue weighted by Gasteiger charge is 2.50. The number of esters is 3. The third-order valence-electron chi connectivity index (χ3n) is 12.6.